The third-order valence-corrected chi connectivity index (χ3v) is 7.83. The summed E-state index contributed by atoms with van der Waals surface area (Å²) in [7, 11) is 0. The molecule has 0 spiro atoms. The predicted molar refractivity (Wildman–Crippen MR) is 174 cm³/mol. The molecule has 0 unspecified atom stereocenters. The Morgan fingerprint density at radius 1 is 0.452 bits per heavy atom. The van der Waals surface area contributed by atoms with Crippen LogP contribution in [0.4, 0.5) is 17.1 Å². The fourth-order valence-corrected chi connectivity index (χ4v) is 5.79. The average Bonchev–Trinajstić information content (AvgIpc) is 3.51. The minimum absolute atomic E-state index is 0.882. The first-order chi connectivity index (χ1) is 20.8. The molecule has 0 radical (unpaired) electrons. The lowest BCUT2D eigenvalue weighted by Gasteiger charge is -2.26. The molecule has 0 saturated heterocycles. The van der Waals surface area contributed by atoms with Crippen molar-refractivity contribution in [3.8, 4) is 16.8 Å². The largest absolute Gasteiger partial charge is 0.310 e. The quantitative estimate of drug-likeness (QED) is 0.205. The van der Waals surface area contributed by atoms with Crippen LogP contribution in [-0.2, 0) is 0 Å². The summed E-state index contributed by atoms with van der Waals surface area (Å²) in [6, 6.07) is 55.2. The molecule has 0 bridgehead atoms. The summed E-state index contributed by atoms with van der Waals surface area (Å²) in [6.07, 6.45) is 0. The maximum atomic E-state index is 4.94. The number of nitrogens with zero attached hydrogens (tertiary/aromatic N) is 4. The van der Waals surface area contributed by atoms with Crippen LogP contribution >= 0.6 is 0 Å². The Bertz CT molecular complexity index is 2170. The summed E-state index contributed by atoms with van der Waals surface area (Å²) >= 11 is 0. The molecule has 1 heterocycles. The van der Waals surface area contributed by atoms with Crippen LogP contribution in [0.25, 0.3) is 49.4 Å². The van der Waals surface area contributed by atoms with Gasteiger partial charge in [-0.15, -0.1) is 10.2 Å². The van der Waals surface area contributed by atoms with Gasteiger partial charge in [-0.05, 0) is 81.9 Å². The molecule has 198 valence electrons. The lowest BCUT2D eigenvalue weighted by molar-refractivity contribution is 0.766. The lowest BCUT2D eigenvalue weighted by atomic mass is 9.99. The number of anilines is 3. The van der Waals surface area contributed by atoms with Crippen molar-refractivity contribution in [3.05, 3.63) is 158 Å². The molecule has 4 heteroatoms. The minimum atomic E-state index is 0.882. The van der Waals surface area contributed by atoms with E-state index in [0.29, 0.717) is 0 Å². The Morgan fingerprint density at radius 3 is 1.81 bits per heavy atom. The number of aromatic nitrogens is 3. The Kier molecular flexibility index (Phi) is 5.75. The molecule has 0 saturated carbocycles. The Balaban J connectivity index is 1.27. The minimum Gasteiger partial charge on any atom is -0.310 e. The van der Waals surface area contributed by atoms with Gasteiger partial charge in [0, 0.05) is 22.4 Å². The Labute approximate surface area is 243 Å². The van der Waals surface area contributed by atoms with Crippen LogP contribution in [0, 0.1) is 0 Å². The molecule has 7 aromatic carbocycles. The van der Waals surface area contributed by atoms with Gasteiger partial charge in [-0.1, -0.05) is 103 Å². The van der Waals surface area contributed by atoms with Crippen LogP contribution < -0.4 is 4.90 Å². The Hall–Kier alpha value is -5.74. The predicted octanol–water partition coefficient (Wildman–Crippen LogP) is 9.86. The van der Waals surface area contributed by atoms with E-state index in [1.807, 2.05) is 36.4 Å². The van der Waals surface area contributed by atoms with Crippen LogP contribution in [0.1, 0.15) is 0 Å². The van der Waals surface area contributed by atoms with Gasteiger partial charge in [0.2, 0.25) is 0 Å². The van der Waals surface area contributed by atoms with E-state index < -0.39 is 0 Å². The van der Waals surface area contributed by atoms with Gasteiger partial charge in [-0.3, -0.25) is 0 Å². The first-order valence-corrected chi connectivity index (χ1v) is 14.1. The highest BCUT2D eigenvalue weighted by molar-refractivity contribution is 6.18. The molecule has 8 aromatic rings. The van der Waals surface area contributed by atoms with Gasteiger partial charge in [0.05, 0.1) is 5.69 Å². The molecular weight excluding hydrogens is 512 g/mol. The monoisotopic (exact) mass is 538 g/mol. The summed E-state index contributed by atoms with van der Waals surface area (Å²) < 4.78 is 0. The van der Waals surface area contributed by atoms with Gasteiger partial charge in [-0.25, -0.2) is 0 Å². The van der Waals surface area contributed by atoms with Crippen molar-refractivity contribution in [2.24, 2.45) is 0 Å². The third kappa shape index (κ3) is 4.18. The first kappa shape index (κ1) is 24.1. The van der Waals surface area contributed by atoms with Crippen LogP contribution in [0.15, 0.2) is 158 Å². The van der Waals surface area contributed by atoms with Crippen molar-refractivity contribution in [2.75, 3.05) is 4.90 Å². The molecule has 8 rings (SSSR count). The second-order valence-electron chi connectivity index (χ2n) is 10.4. The van der Waals surface area contributed by atoms with Gasteiger partial charge in [0.1, 0.15) is 11.0 Å². The molecule has 0 aliphatic carbocycles. The Morgan fingerprint density at radius 2 is 1.05 bits per heavy atom. The molecule has 0 fully saturated rings. The topological polar surface area (TPSA) is 34.0 Å². The van der Waals surface area contributed by atoms with Crippen molar-refractivity contribution in [3.63, 3.8) is 0 Å². The van der Waals surface area contributed by atoms with E-state index in [0.717, 1.165) is 55.3 Å². The van der Waals surface area contributed by atoms with Gasteiger partial charge in [0.25, 0.3) is 0 Å². The number of fused-ring (bicyclic) bond motifs is 5. The molecule has 4 nitrogen and oxygen atoms in total. The zero-order valence-electron chi connectivity index (χ0n) is 22.8. The average molecular weight is 539 g/mol. The van der Waals surface area contributed by atoms with Crippen LogP contribution in [-0.4, -0.2) is 15.0 Å². The zero-order chi connectivity index (χ0) is 27.9. The van der Waals surface area contributed by atoms with Crippen LogP contribution in [0.3, 0.4) is 0 Å². The molecule has 1 aromatic heterocycles. The highest BCUT2D eigenvalue weighted by Gasteiger charge is 2.16. The standard InChI is InChI=1S/C38H26N4/c1-4-10-27(11-5-1)28-18-21-32(22-19-28)41(31-12-6-2-7-13-31)34-23-24-35-30(26-34)17-16-29-20-25-36-38(37(29)35)40-42(39-36)33-14-8-3-9-15-33/h1-26H. The number of hydrogen-bond acceptors (Lipinski definition) is 3. The summed E-state index contributed by atoms with van der Waals surface area (Å²) in [6.45, 7) is 0. The van der Waals surface area contributed by atoms with E-state index in [9.17, 15) is 0 Å². The maximum absolute atomic E-state index is 4.94. The van der Waals surface area contributed by atoms with Gasteiger partial charge in [-0.2, -0.15) is 4.80 Å². The summed E-state index contributed by atoms with van der Waals surface area (Å²) in [5.41, 5.74) is 8.46. The number of benzene rings is 7. The van der Waals surface area contributed by atoms with Gasteiger partial charge < -0.3 is 4.90 Å². The van der Waals surface area contributed by atoms with E-state index in [4.69, 9.17) is 10.2 Å². The smallest absolute Gasteiger partial charge is 0.122 e. The number of para-hydroxylation sites is 2. The highest BCUT2D eigenvalue weighted by Crippen LogP contribution is 2.39. The molecule has 0 aliphatic rings. The lowest BCUT2D eigenvalue weighted by Crippen LogP contribution is -2.09. The summed E-state index contributed by atoms with van der Waals surface area (Å²) in [4.78, 5) is 4.04. The van der Waals surface area contributed by atoms with E-state index in [1.165, 1.54) is 11.1 Å². The number of rotatable bonds is 5. The van der Waals surface area contributed by atoms with Crippen molar-refractivity contribution in [2.45, 2.75) is 0 Å². The highest BCUT2D eigenvalue weighted by atomic mass is 15.5. The fraction of sp³-hybridized carbons (Fsp3) is 0. The molecule has 42 heavy (non-hydrogen) atoms. The molecular formula is C38H26N4. The first-order valence-electron chi connectivity index (χ1n) is 14.1. The van der Waals surface area contributed by atoms with E-state index in [1.54, 1.807) is 4.80 Å². The van der Waals surface area contributed by atoms with E-state index >= 15 is 0 Å². The SMILES string of the molecule is c1ccc(-c2ccc(N(c3ccccc3)c3ccc4c(ccc5ccc6nn(-c7ccccc7)nc6c54)c3)cc2)cc1. The van der Waals surface area contributed by atoms with Crippen LogP contribution in [0.2, 0.25) is 0 Å². The molecule has 0 aliphatic heterocycles. The third-order valence-electron chi connectivity index (χ3n) is 7.83. The van der Waals surface area contributed by atoms with Crippen molar-refractivity contribution >= 4 is 49.6 Å². The summed E-state index contributed by atoms with van der Waals surface area (Å²) in [5.74, 6) is 0. The van der Waals surface area contributed by atoms with Crippen molar-refractivity contribution in [1.82, 2.24) is 15.0 Å². The van der Waals surface area contributed by atoms with Gasteiger partial charge in [0.15, 0.2) is 0 Å². The maximum Gasteiger partial charge on any atom is 0.122 e. The van der Waals surface area contributed by atoms with Gasteiger partial charge >= 0.3 is 0 Å². The zero-order valence-corrected chi connectivity index (χ0v) is 22.8. The second kappa shape index (κ2) is 10.0. The number of hydrogen-bond donors (Lipinski definition) is 0. The molecule has 0 atom stereocenters. The van der Waals surface area contributed by atoms with Crippen molar-refractivity contribution < 1.29 is 0 Å². The van der Waals surface area contributed by atoms with Crippen LogP contribution in [0.5, 0.6) is 0 Å². The second-order valence-corrected chi connectivity index (χ2v) is 10.4. The van der Waals surface area contributed by atoms with E-state index in [2.05, 4.69) is 126 Å². The van der Waals surface area contributed by atoms with Crippen molar-refractivity contribution in [1.29, 1.82) is 0 Å². The fourth-order valence-electron chi connectivity index (χ4n) is 5.79. The van der Waals surface area contributed by atoms with E-state index in [-0.39, 0.29) is 0 Å². The molecule has 0 N–H and O–H groups in total. The molecule has 0 amide bonds. The summed E-state index contributed by atoms with van der Waals surface area (Å²) in [5, 5.41) is 14.3. The normalized spacial score (nSPS) is 11.3.